The van der Waals surface area contributed by atoms with Gasteiger partial charge in [0.25, 0.3) is 0 Å². The van der Waals surface area contributed by atoms with Crippen molar-refractivity contribution in [2.75, 3.05) is 20.1 Å². The van der Waals surface area contributed by atoms with Gasteiger partial charge < -0.3 is 19.9 Å². The van der Waals surface area contributed by atoms with E-state index in [4.69, 9.17) is 4.74 Å². The number of para-hydroxylation sites is 1. The zero-order valence-corrected chi connectivity index (χ0v) is 14.7. The number of nitrogens with zero attached hydrogens (tertiary/aromatic N) is 4. The Bertz CT molecular complexity index is 646. The van der Waals surface area contributed by atoms with Crippen molar-refractivity contribution in [3.8, 4) is 5.75 Å². The van der Waals surface area contributed by atoms with Gasteiger partial charge in [-0.25, -0.2) is 4.39 Å². The van der Waals surface area contributed by atoms with Gasteiger partial charge in [0, 0.05) is 20.1 Å². The van der Waals surface area contributed by atoms with Crippen LogP contribution in [0, 0.1) is 5.82 Å². The maximum Gasteiger partial charge on any atom is 0.191 e. The molecule has 1 unspecified atom stereocenters. The van der Waals surface area contributed by atoms with Crippen LogP contribution < -0.4 is 15.4 Å². The van der Waals surface area contributed by atoms with Crippen LogP contribution in [-0.4, -0.2) is 47.0 Å². The minimum Gasteiger partial charge on any atom is -0.486 e. The molecular weight excluding hydrogens is 323 g/mol. The van der Waals surface area contributed by atoms with E-state index in [9.17, 15) is 4.39 Å². The SMILES string of the molecule is CN=C(NCCCCn1cnnc1)NCC(C)Oc1ccccc1F. The summed E-state index contributed by atoms with van der Waals surface area (Å²) in [4.78, 5) is 4.17. The molecule has 0 spiro atoms. The molecule has 2 N–H and O–H groups in total. The van der Waals surface area contributed by atoms with Gasteiger partial charge in [0.15, 0.2) is 17.5 Å². The second kappa shape index (κ2) is 10.3. The van der Waals surface area contributed by atoms with Crippen molar-refractivity contribution in [1.29, 1.82) is 0 Å². The molecule has 0 bridgehead atoms. The molecule has 0 saturated heterocycles. The lowest BCUT2D eigenvalue weighted by atomic mass is 10.3. The summed E-state index contributed by atoms with van der Waals surface area (Å²) in [6, 6.07) is 6.39. The van der Waals surface area contributed by atoms with E-state index in [1.165, 1.54) is 6.07 Å². The van der Waals surface area contributed by atoms with Crippen LogP contribution in [0.4, 0.5) is 4.39 Å². The number of aryl methyl sites for hydroxylation is 1. The average molecular weight is 348 g/mol. The summed E-state index contributed by atoms with van der Waals surface area (Å²) >= 11 is 0. The van der Waals surface area contributed by atoms with Gasteiger partial charge in [-0.2, -0.15) is 0 Å². The van der Waals surface area contributed by atoms with E-state index >= 15 is 0 Å². The van der Waals surface area contributed by atoms with Crippen molar-refractivity contribution >= 4 is 5.96 Å². The normalized spacial score (nSPS) is 12.7. The standard InChI is InChI=1S/C17H25FN6O/c1-14(25-16-8-4-3-7-15(16)18)11-21-17(19-2)20-9-5-6-10-24-12-22-23-13-24/h3-4,7-8,12-14H,5-6,9-11H2,1-2H3,(H2,19,20,21). The third-order valence-electron chi connectivity index (χ3n) is 3.55. The Balaban J connectivity index is 1.61. The van der Waals surface area contributed by atoms with Crippen LogP contribution in [0.15, 0.2) is 41.9 Å². The summed E-state index contributed by atoms with van der Waals surface area (Å²) in [6.45, 7) is 4.11. The van der Waals surface area contributed by atoms with Gasteiger partial charge in [0.05, 0.1) is 6.54 Å². The van der Waals surface area contributed by atoms with Gasteiger partial charge in [-0.05, 0) is 31.9 Å². The minimum absolute atomic E-state index is 0.191. The van der Waals surface area contributed by atoms with E-state index in [1.807, 2.05) is 11.5 Å². The van der Waals surface area contributed by atoms with E-state index in [1.54, 1.807) is 37.9 Å². The summed E-state index contributed by atoms with van der Waals surface area (Å²) in [5.74, 6) is 0.604. The minimum atomic E-state index is -0.357. The largest absolute Gasteiger partial charge is 0.486 e. The van der Waals surface area contributed by atoms with Crippen LogP contribution in [0.1, 0.15) is 19.8 Å². The second-order valence-corrected chi connectivity index (χ2v) is 5.65. The second-order valence-electron chi connectivity index (χ2n) is 5.65. The number of hydrogen-bond acceptors (Lipinski definition) is 4. The van der Waals surface area contributed by atoms with Crippen molar-refractivity contribution in [3.63, 3.8) is 0 Å². The highest BCUT2D eigenvalue weighted by atomic mass is 19.1. The van der Waals surface area contributed by atoms with E-state index in [0.29, 0.717) is 12.5 Å². The molecule has 0 aliphatic carbocycles. The highest BCUT2D eigenvalue weighted by Crippen LogP contribution is 2.16. The number of halogens is 1. The van der Waals surface area contributed by atoms with E-state index in [0.717, 1.165) is 25.9 Å². The molecule has 0 fully saturated rings. The smallest absolute Gasteiger partial charge is 0.191 e. The third-order valence-corrected chi connectivity index (χ3v) is 3.55. The van der Waals surface area contributed by atoms with Crippen molar-refractivity contribution in [1.82, 2.24) is 25.4 Å². The predicted molar refractivity (Wildman–Crippen MR) is 95.1 cm³/mol. The summed E-state index contributed by atoms with van der Waals surface area (Å²) in [7, 11) is 1.72. The molecule has 2 rings (SSSR count). The molecule has 1 aromatic heterocycles. The lowest BCUT2D eigenvalue weighted by molar-refractivity contribution is 0.214. The molecule has 136 valence electrons. The molecule has 0 radical (unpaired) electrons. The summed E-state index contributed by atoms with van der Waals surface area (Å²) in [6.07, 6.45) is 5.26. The molecule has 8 heteroatoms. The van der Waals surface area contributed by atoms with Crippen LogP contribution in [0.25, 0.3) is 0 Å². The molecule has 2 aromatic rings. The van der Waals surface area contributed by atoms with Crippen molar-refractivity contribution in [2.45, 2.75) is 32.4 Å². The highest BCUT2D eigenvalue weighted by molar-refractivity contribution is 5.79. The molecule has 1 aromatic carbocycles. The van der Waals surface area contributed by atoms with E-state index in [-0.39, 0.29) is 17.7 Å². The fraction of sp³-hybridized carbons (Fsp3) is 0.471. The van der Waals surface area contributed by atoms with Crippen LogP contribution in [0.5, 0.6) is 5.75 Å². The van der Waals surface area contributed by atoms with Gasteiger partial charge in [-0.3, -0.25) is 4.99 Å². The van der Waals surface area contributed by atoms with Gasteiger partial charge in [0.1, 0.15) is 18.8 Å². The topological polar surface area (TPSA) is 76.4 Å². The van der Waals surface area contributed by atoms with Crippen LogP contribution in [-0.2, 0) is 6.54 Å². The summed E-state index contributed by atoms with van der Waals surface area (Å²) in [5, 5.41) is 14.0. The van der Waals surface area contributed by atoms with Gasteiger partial charge in [0.2, 0.25) is 0 Å². The van der Waals surface area contributed by atoms with Gasteiger partial charge in [-0.1, -0.05) is 12.1 Å². The number of rotatable bonds is 9. The molecule has 0 amide bonds. The maximum absolute atomic E-state index is 13.6. The Labute approximate surface area is 147 Å². The summed E-state index contributed by atoms with van der Waals surface area (Å²) < 4.78 is 21.1. The van der Waals surface area contributed by atoms with Crippen molar-refractivity contribution in [3.05, 3.63) is 42.7 Å². The molecule has 0 saturated carbocycles. The zero-order valence-electron chi connectivity index (χ0n) is 14.7. The van der Waals surface area contributed by atoms with E-state index in [2.05, 4.69) is 25.8 Å². The van der Waals surface area contributed by atoms with Crippen molar-refractivity contribution in [2.24, 2.45) is 4.99 Å². The number of aromatic nitrogens is 3. The molecule has 1 atom stereocenters. The Hall–Kier alpha value is -2.64. The third kappa shape index (κ3) is 6.78. The fourth-order valence-electron chi connectivity index (χ4n) is 2.22. The summed E-state index contributed by atoms with van der Waals surface area (Å²) in [5.41, 5.74) is 0. The number of ether oxygens (including phenoxy) is 1. The number of unbranched alkanes of at least 4 members (excludes halogenated alkanes) is 1. The number of nitrogens with one attached hydrogen (secondary N) is 2. The molecule has 0 aliphatic heterocycles. The number of benzene rings is 1. The van der Waals surface area contributed by atoms with Crippen LogP contribution in [0.2, 0.25) is 0 Å². The zero-order chi connectivity index (χ0) is 17.9. The fourth-order valence-corrected chi connectivity index (χ4v) is 2.22. The Morgan fingerprint density at radius 3 is 2.72 bits per heavy atom. The highest BCUT2D eigenvalue weighted by Gasteiger charge is 2.08. The first-order chi connectivity index (χ1) is 12.2. The molecule has 7 nitrogen and oxygen atoms in total. The van der Waals surface area contributed by atoms with Gasteiger partial charge in [-0.15, -0.1) is 10.2 Å². The van der Waals surface area contributed by atoms with Crippen molar-refractivity contribution < 1.29 is 9.13 Å². The molecule has 25 heavy (non-hydrogen) atoms. The molecular formula is C17H25FN6O. The molecule has 0 aliphatic rings. The van der Waals surface area contributed by atoms with Crippen LogP contribution >= 0.6 is 0 Å². The lowest BCUT2D eigenvalue weighted by Crippen LogP contribution is -2.42. The predicted octanol–water partition coefficient (Wildman–Crippen LogP) is 1.83. The number of aliphatic imine (C=N–C) groups is 1. The first-order valence-corrected chi connectivity index (χ1v) is 8.37. The maximum atomic E-state index is 13.6. The Morgan fingerprint density at radius 2 is 2.00 bits per heavy atom. The quantitative estimate of drug-likeness (QED) is 0.411. The van der Waals surface area contributed by atoms with Crippen LogP contribution in [0.3, 0.4) is 0 Å². The van der Waals surface area contributed by atoms with Gasteiger partial charge >= 0.3 is 0 Å². The Morgan fingerprint density at radius 1 is 1.24 bits per heavy atom. The Kier molecular flexibility index (Phi) is 7.68. The average Bonchev–Trinajstić information content (AvgIpc) is 3.13. The number of hydrogen-bond donors (Lipinski definition) is 2. The number of guanidine groups is 1. The monoisotopic (exact) mass is 348 g/mol. The molecule has 1 heterocycles. The first kappa shape index (κ1) is 18.7. The first-order valence-electron chi connectivity index (χ1n) is 8.37. The van der Waals surface area contributed by atoms with E-state index < -0.39 is 0 Å². The lowest BCUT2D eigenvalue weighted by Gasteiger charge is -2.18.